The van der Waals surface area contributed by atoms with E-state index in [4.69, 9.17) is 11.6 Å². The largest absolute Gasteiger partial charge is 0.350 e. The quantitative estimate of drug-likeness (QED) is 0.633. The van der Waals surface area contributed by atoms with E-state index in [-0.39, 0.29) is 23.8 Å². The molecule has 0 bridgehead atoms. The Morgan fingerprint density at radius 1 is 1.12 bits per heavy atom. The molecule has 1 aromatic heterocycles. The second kappa shape index (κ2) is 8.10. The number of carbonyl (C=O) groups is 2. The molecule has 6 nitrogen and oxygen atoms in total. The molecular weight excluding hydrogens is 424 g/mol. The molecule has 1 atom stereocenters. The highest BCUT2D eigenvalue weighted by Gasteiger charge is 2.49. The van der Waals surface area contributed by atoms with Crippen LogP contribution < -0.4 is 10.2 Å². The third kappa shape index (κ3) is 4.02. The van der Waals surface area contributed by atoms with Gasteiger partial charge in [-0.15, -0.1) is 0 Å². The standard InChI is InChI=1S/C25H27ClN4O2/c1-24(2,3)21-14-20-22(31)30(19-12-10-18(26)11-13-19)25(4,16-29(20)28-21)23(32)27-15-17-8-6-5-7-9-17/h5-14H,15-16H2,1-4H3,(H,27,32). The molecule has 0 fully saturated rings. The van der Waals surface area contributed by atoms with Crippen LogP contribution in [-0.2, 0) is 23.3 Å². The van der Waals surface area contributed by atoms with E-state index in [1.54, 1.807) is 40.8 Å². The first kappa shape index (κ1) is 22.1. The molecule has 1 aliphatic heterocycles. The summed E-state index contributed by atoms with van der Waals surface area (Å²) in [7, 11) is 0. The van der Waals surface area contributed by atoms with Gasteiger partial charge in [0.15, 0.2) is 0 Å². The molecule has 0 aliphatic carbocycles. The molecule has 2 amide bonds. The highest BCUT2D eigenvalue weighted by Crippen LogP contribution is 2.35. The van der Waals surface area contributed by atoms with Crippen molar-refractivity contribution in [1.82, 2.24) is 15.1 Å². The van der Waals surface area contributed by atoms with Crippen molar-refractivity contribution in [3.8, 4) is 0 Å². The molecule has 2 heterocycles. The van der Waals surface area contributed by atoms with Gasteiger partial charge in [-0.25, -0.2) is 0 Å². The zero-order chi connectivity index (χ0) is 23.1. The Kier molecular flexibility index (Phi) is 5.59. The Labute approximate surface area is 193 Å². The van der Waals surface area contributed by atoms with E-state index in [1.807, 2.05) is 36.4 Å². The number of hydrogen-bond donors (Lipinski definition) is 1. The van der Waals surface area contributed by atoms with E-state index < -0.39 is 5.54 Å². The van der Waals surface area contributed by atoms with E-state index in [9.17, 15) is 9.59 Å². The lowest BCUT2D eigenvalue weighted by molar-refractivity contribution is -0.126. The minimum atomic E-state index is -1.17. The van der Waals surface area contributed by atoms with Crippen LogP contribution in [-0.4, -0.2) is 27.1 Å². The van der Waals surface area contributed by atoms with Gasteiger partial charge in [0.1, 0.15) is 11.2 Å². The number of halogens is 1. The van der Waals surface area contributed by atoms with Crippen molar-refractivity contribution in [2.45, 2.75) is 51.7 Å². The van der Waals surface area contributed by atoms with Crippen molar-refractivity contribution in [2.75, 3.05) is 4.90 Å². The topological polar surface area (TPSA) is 67.2 Å². The Balaban J connectivity index is 1.74. The molecule has 3 aromatic rings. The SMILES string of the molecule is CC(C)(C)c1cc2n(n1)CC(C)(C(=O)NCc1ccccc1)N(c1ccc(Cl)cc1)C2=O. The molecular formula is C25H27ClN4O2. The predicted molar refractivity (Wildman–Crippen MR) is 126 cm³/mol. The number of aromatic nitrogens is 2. The van der Waals surface area contributed by atoms with Gasteiger partial charge in [-0.3, -0.25) is 19.2 Å². The average Bonchev–Trinajstić information content (AvgIpc) is 3.19. The van der Waals surface area contributed by atoms with Crippen molar-refractivity contribution in [1.29, 1.82) is 0 Å². The van der Waals surface area contributed by atoms with E-state index in [1.165, 1.54) is 0 Å². The predicted octanol–water partition coefficient (Wildman–Crippen LogP) is 4.57. The molecule has 0 spiro atoms. The normalized spacial score (nSPS) is 18.4. The molecule has 32 heavy (non-hydrogen) atoms. The number of rotatable bonds is 4. The lowest BCUT2D eigenvalue weighted by Gasteiger charge is -2.43. The lowest BCUT2D eigenvalue weighted by atomic mass is 9.91. The molecule has 1 aliphatic rings. The molecule has 1 N–H and O–H groups in total. The van der Waals surface area contributed by atoms with Crippen LogP contribution in [0.1, 0.15) is 49.4 Å². The fourth-order valence-corrected chi connectivity index (χ4v) is 4.04. The molecule has 2 aromatic carbocycles. The number of amides is 2. The summed E-state index contributed by atoms with van der Waals surface area (Å²) in [5, 5.41) is 8.25. The van der Waals surface area contributed by atoms with Crippen molar-refractivity contribution in [3.05, 3.63) is 82.6 Å². The number of benzene rings is 2. The van der Waals surface area contributed by atoms with Crippen LogP contribution in [0.2, 0.25) is 5.02 Å². The van der Waals surface area contributed by atoms with Crippen LogP contribution >= 0.6 is 11.6 Å². The maximum atomic E-state index is 13.7. The fourth-order valence-electron chi connectivity index (χ4n) is 3.91. The van der Waals surface area contributed by atoms with E-state index in [0.29, 0.717) is 22.9 Å². The smallest absolute Gasteiger partial charge is 0.277 e. The van der Waals surface area contributed by atoms with E-state index in [0.717, 1.165) is 11.3 Å². The molecule has 0 radical (unpaired) electrons. The Morgan fingerprint density at radius 2 is 1.78 bits per heavy atom. The molecule has 0 saturated heterocycles. The Bertz CT molecular complexity index is 1150. The summed E-state index contributed by atoms with van der Waals surface area (Å²) in [5.41, 5.74) is 1.49. The van der Waals surface area contributed by atoms with Gasteiger partial charge in [0, 0.05) is 22.7 Å². The highest BCUT2D eigenvalue weighted by molar-refractivity contribution is 6.30. The molecule has 4 rings (SSSR count). The number of carbonyl (C=O) groups excluding carboxylic acids is 2. The summed E-state index contributed by atoms with van der Waals surface area (Å²) < 4.78 is 1.66. The Morgan fingerprint density at radius 3 is 2.41 bits per heavy atom. The average molecular weight is 451 g/mol. The van der Waals surface area contributed by atoms with E-state index >= 15 is 0 Å². The summed E-state index contributed by atoms with van der Waals surface area (Å²) in [6.45, 7) is 8.55. The van der Waals surface area contributed by atoms with Crippen LogP contribution in [0.3, 0.4) is 0 Å². The molecule has 166 valence electrons. The van der Waals surface area contributed by atoms with Crippen molar-refractivity contribution >= 4 is 29.1 Å². The molecule has 1 unspecified atom stereocenters. The maximum Gasteiger partial charge on any atom is 0.277 e. The van der Waals surface area contributed by atoms with Crippen LogP contribution in [0.15, 0.2) is 60.7 Å². The van der Waals surface area contributed by atoms with Crippen molar-refractivity contribution in [2.24, 2.45) is 0 Å². The van der Waals surface area contributed by atoms with Gasteiger partial charge in [0.05, 0.1) is 12.2 Å². The zero-order valence-electron chi connectivity index (χ0n) is 18.7. The van der Waals surface area contributed by atoms with Crippen LogP contribution in [0, 0.1) is 0 Å². The van der Waals surface area contributed by atoms with Gasteiger partial charge < -0.3 is 5.32 Å². The lowest BCUT2D eigenvalue weighted by Crippen LogP contribution is -2.64. The summed E-state index contributed by atoms with van der Waals surface area (Å²) in [6.07, 6.45) is 0. The summed E-state index contributed by atoms with van der Waals surface area (Å²) in [5.74, 6) is -0.512. The summed E-state index contributed by atoms with van der Waals surface area (Å²) >= 11 is 6.08. The second-order valence-electron chi connectivity index (χ2n) is 9.38. The maximum absolute atomic E-state index is 13.7. The minimum absolute atomic E-state index is 0.221. The van der Waals surface area contributed by atoms with Gasteiger partial charge in [0.2, 0.25) is 5.91 Å². The molecule has 0 saturated carbocycles. The molecule has 7 heteroatoms. The van der Waals surface area contributed by atoms with E-state index in [2.05, 4.69) is 31.2 Å². The number of hydrogen-bond acceptors (Lipinski definition) is 3. The number of fused-ring (bicyclic) bond motifs is 1. The van der Waals surface area contributed by atoms with Gasteiger partial charge in [0.25, 0.3) is 5.91 Å². The highest BCUT2D eigenvalue weighted by atomic mass is 35.5. The number of nitrogens with zero attached hydrogens (tertiary/aromatic N) is 3. The third-order valence-electron chi connectivity index (χ3n) is 5.79. The van der Waals surface area contributed by atoms with Crippen molar-refractivity contribution in [3.63, 3.8) is 0 Å². The third-order valence-corrected chi connectivity index (χ3v) is 6.04. The van der Waals surface area contributed by atoms with Crippen LogP contribution in [0.25, 0.3) is 0 Å². The van der Waals surface area contributed by atoms with Crippen LogP contribution in [0.4, 0.5) is 5.69 Å². The van der Waals surface area contributed by atoms with Crippen LogP contribution in [0.5, 0.6) is 0 Å². The fraction of sp³-hybridized carbons (Fsp3) is 0.320. The first-order valence-electron chi connectivity index (χ1n) is 10.6. The van der Waals surface area contributed by atoms with Crippen molar-refractivity contribution < 1.29 is 9.59 Å². The van der Waals surface area contributed by atoms with Gasteiger partial charge >= 0.3 is 0 Å². The minimum Gasteiger partial charge on any atom is -0.350 e. The monoisotopic (exact) mass is 450 g/mol. The number of nitrogens with one attached hydrogen (secondary N) is 1. The van der Waals surface area contributed by atoms with Gasteiger partial charge in [-0.1, -0.05) is 62.7 Å². The Hall–Kier alpha value is -3.12. The second-order valence-corrected chi connectivity index (χ2v) is 9.82. The zero-order valence-corrected chi connectivity index (χ0v) is 19.5. The summed E-state index contributed by atoms with van der Waals surface area (Å²) in [4.78, 5) is 28.8. The summed E-state index contributed by atoms with van der Waals surface area (Å²) in [6, 6.07) is 18.5. The van der Waals surface area contributed by atoms with Gasteiger partial charge in [-0.05, 0) is 42.8 Å². The first-order valence-corrected chi connectivity index (χ1v) is 11.0. The number of anilines is 1. The first-order chi connectivity index (χ1) is 15.1. The van der Waals surface area contributed by atoms with Gasteiger partial charge in [-0.2, -0.15) is 5.10 Å².